The van der Waals surface area contributed by atoms with E-state index in [1.807, 2.05) is 0 Å². The molecule has 1 rings (SSSR count). The van der Waals surface area contributed by atoms with E-state index in [4.69, 9.17) is 10.5 Å². The fourth-order valence-electron chi connectivity index (χ4n) is 1.06. The second-order valence-electron chi connectivity index (χ2n) is 4.45. The number of anilines is 1. The van der Waals surface area contributed by atoms with Crippen LogP contribution in [0.15, 0.2) is 18.5 Å². The van der Waals surface area contributed by atoms with Crippen molar-refractivity contribution < 1.29 is 14.3 Å². The predicted molar refractivity (Wildman–Crippen MR) is 62.6 cm³/mol. The highest BCUT2D eigenvalue weighted by Crippen LogP contribution is 2.12. The number of nitrogens with zero attached hydrogens (tertiary/aromatic N) is 1. The summed E-state index contributed by atoms with van der Waals surface area (Å²) in [7, 11) is 0. The summed E-state index contributed by atoms with van der Waals surface area (Å²) in [6.45, 7) is 5.26. The summed E-state index contributed by atoms with van der Waals surface area (Å²) in [6.07, 6.45) is 2.11. The maximum absolute atomic E-state index is 11.4. The molecule has 0 atom stereocenters. The number of amides is 2. The Balaban J connectivity index is 2.72. The van der Waals surface area contributed by atoms with E-state index < -0.39 is 17.6 Å². The first-order valence-electron chi connectivity index (χ1n) is 5.03. The number of pyridine rings is 1. The molecule has 0 spiro atoms. The van der Waals surface area contributed by atoms with Gasteiger partial charge in [0.1, 0.15) is 5.60 Å². The molecule has 92 valence electrons. The van der Waals surface area contributed by atoms with Gasteiger partial charge in [0.25, 0.3) is 0 Å². The Labute approximate surface area is 99.2 Å². The summed E-state index contributed by atoms with van der Waals surface area (Å²) >= 11 is 0. The van der Waals surface area contributed by atoms with Gasteiger partial charge in [-0.2, -0.15) is 0 Å². The van der Waals surface area contributed by atoms with E-state index in [1.165, 1.54) is 18.5 Å². The monoisotopic (exact) mass is 237 g/mol. The lowest BCUT2D eigenvalue weighted by Crippen LogP contribution is -2.27. The number of ether oxygens (including phenoxy) is 1. The van der Waals surface area contributed by atoms with Crippen LogP contribution in [0.5, 0.6) is 0 Å². The third kappa shape index (κ3) is 4.50. The number of carbonyl (C=O) groups is 2. The Morgan fingerprint density at radius 1 is 1.35 bits per heavy atom. The Morgan fingerprint density at radius 3 is 2.53 bits per heavy atom. The second-order valence-corrected chi connectivity index (χ2v) is 4.45. The number of rotatable bonds is 2. The van der Waals surface area contributed by atoms with Gasteiger partial charge in [-0.05, 0) is 26.8 Å². The minimum absolute atomic E-state index is 0.221. The van der Waals surface area contributed by atoms with Gasteiger partial charge in [-0.3, -0.25) is 15.1 Å². The second kappa shape index (κ2) is 4.82. The number of nitrogens with one attached hydrogen (secondary N) is 1. The summed E-state index contributed by atoms with van der Waals surface area (Å²) in [4.78, 5) is 26.1. The standard InChI is InChI=1S/C11H15N3O3/c1-11(2,3)17-10(16)14-8-4-7(9(12)15)5-13-6-8/h4-6H,1-3H3,(H2,12,15)(H,14,16). The van der Waals surface area contributed by atoms with E-state index >= 15 is 0 Å². The maximum Gasteiger partial charge on any atom is 0.412 e. The van der Waals surface area contributed by atoms with E-state index in [0.29, 0.717) is 5.69 Å². The molecule has 6 nitrogen and oxygen atoms in total. The van der Waals surface area contributed by atoms with E-state index in [0.717, 1.165) is 0 Å². The largest absolute Gasteiger partial charge is 0.444 e. The molecular weight excluding hydrogens is 222 g/mol. The molecule has 0 unspecified atom stereocenters. The number of primary amides is 1. The summed E-state index contributed by atoms with van der Waals surface area (Å²) in [5, 5.41) is 2.46. The molecule has 6 heteroatoms. The van der Waals surface area contributed by atoms with Crippen molar-refractivity contribution in [1.82, 2.24) is 4.98 Å². The van der Waals surface area contributed by atoms with Crippen molar-refractivity contribution in [2.24, 2.45) is 5.73 Å². The quantitative estimate of drug-likeness (QED) is 0.815. The Hall–Kier alpha value is -2.11. The Bertz CT molecular complexity index is 438. The third-order valence-electron chi connectivity index (χ3n) is 1.67. The van der Waals surface area contributed by atoms with Crippen LogP contribution in [-0.4, -0.2) is 22.6 Å². The van der Waals surface area contributed by atoms with E-state index in [9.17, 15) is 9.59 Å². The van der Waals surface area contributed by atoms with Crippen LogP contribution < -0.4 is 11.1 Å². The van der Waals surface area contributed by atoms with Gasteiger partial charge in [-0.15, -0.1) is 0 Å². The normalized spacial score (nSPS) is 10.8. The molecular formula is C11H15N3O3. The molecule has 0 aliphatic rings. The zero-order valence-electron chi connectivity index (χ0n) is 9.98. The molecule has 17 heavy (non-hydrogen) atoms. The summed E-state index contributed by atoms with van der Waals surface area (Å²) in [6, 6.07) is 1.43. The Kier molecular flexibility index (Phi) is 3.67. The maximum atomic E-state index is 11.4. The molecule has 0 aromatic carbocycles. The smallest absolute Gasteiger partial charge is 0.412 e. The molecule has 1 aromatic rings. The van der Waals surface area contributed by atoms with Gasteiger partial charge < -0.3 is 10.5 Å². The van der Waals surface area contributed by atoms with Gasteiger partial charge >= 0.3 is 6.09 Å². The van der Waals surface area contributed by atoms with Crippen molar-refractivity contribution in [3.8, 4) is 0 Å². The fraction of sp³-hybridized carbons (Fsp3) is 0.364. The van der Waals surface area contributed by atoms with Gasteiger partial charge in [0.05, 0.1) is 17.4 Å². The zero-order chi connectivity index (χ0) is 13.1. The SMILES string of the molecule is CC(C)(C)OC(=O)Nc1cncc(C(N)=O)c1. The summed E-state index contributed by atoms with van der Waals surface area (Å²) in [5.41, 5.74) is 5.09. The lowest BCUT2D eigenvalue weighted by molar-refractivity contribution is 0.0635. The van der Waals surface area contributed by atoms with Crippen LogP contribution >= 0.6 is 0 Å². The minimum Gasteiger partial charge on any atom is -0.444 e. The van der Waals surface area contributed by atoms with Gasteiger partial charge in [0, 0.05) is 6.20 Å². The molecule has 0 fully saturated rings. The van der Waals surface area contributed by atoms with Crippen LogP contribution in [0.4, 0.5) is 10.5 Å². The van der Waals surface area contributed by atoms with Crippen LogP contribution in [0.25, 0.3) is 0 Å². The van der Waals surface area contributed by atoms with Crippen LogP contribution in [0.3, 0.4) is 0 Å². The van der Waals surface area contributed by atoms with E-state index in [1.54, 1.807) is 20.8 Å². The average Bonchev–Trinajstić information content (AvgIpc) is 2.14. The zero-order valence-corrected chi connectivity index (χ0v) is 9.98. The first-order chi connectivity index (χ1) is 7.78. The van der Waals surface area contributed by atoms with Crippen LogP contribution in [0.2, 0.25) is 0 Å². The number of hydrogen-bond acceptors (Lipinski definition) is 4. The molecule has 0 aliphatic heterocycles. The first kappa shape index (κ1) is 13.0. The van der Waals surface area contributed by atoms with Gasteiger partial charge in [-0.1, -0.05) is 0 Å². The number of nitrogens with two attached hydrogens (primary N) is 1. The molecule has 3 N–H and O–H groups in total. The van der Waals surface area contributed by atoms with Crippen LogP contribution in [0, 0.1) is 0 Å². The molecule has 0 aliphatic carbocycles. The van der Waals surface area contributed by atoms with Gasteiger partial charge in [-0.25, -0.2) is 4.79 Å². The lowest BCUT2D eigenvalue weighted by atomic mass is 10.2. The molecule has 2 amide bonds. The van der Waals surface area contributed by atoms with Crippen LogP contribution in [-0.2, 0) is 4.74 Å². The highest BCUT2D eigenvalue weighted by atomic mass is 16.6. The molecule has 0 saturated heterocycles. The predicted octanol–water partition coefficient (Wildman–Crippen LogP) is 1.53. The van der Waals surface area contributed by atoms with Crippen molar-refractivity contribution in [3.05, 3.63) is 24.0 Å². The molecule has 0 radical (unpaired) electrons. The summed E-state index contributed by atoms with van der Waals surface area (Å²) < 4.78 is 5.05. The molecule has 0 saturated carbocycles. The lowest BCUT2D eigenvalue weighted by Gasteiger charge is -2.19. The van der Waals surface area contributed by atoms with Gasteiger partial charge in [0.2, 0.25) is 5.91 Å². The van der Waals surface area contributed by atoms with Crippen molar-refractivity contribution in [2.45, 2.75) is 26.4 Å². The summed E-state index contributed by atoms with van der Waals surface area (Å²) in [5.74, 6) is -0.606. The minimum atomic E-state index is -0.610. The average molecular weight is 237 g/mol. The number of hydrogen-bond donors (Lipinski definition) is 2. The van der Waals surface area contributed by atoms with E-state index in [2.05, 4.69) is 10.3 Å². The van der Waals surface area contributed by atoms with Crippen molar-refractivity contribution in [1.29, 1.82) is 0 Å². The number of carbonyl (C=O) groups excluding carboxylic acids is 2. The highest BCUT2D eigenvalue weighted by molar-refractivity contribution is 5.94. The molecule has 1 aromatic heterocycles. The third-order valence-corrected chi connectivity index (χ3v) is 1.67. The number of aromatic nitrogens is 1. The van der Waals surface area contributed by atoms with Gasteiger partial charge in [0.15, 0.2) is 0 Å². The van der Waals surface area contributed by atoms with Crippen molar-refractivity contribution in [3.63, 3.8) is 0 Å². The Morgan fingerprint density at radius 2 is 2.00 bits per heavy atom. The first-order valence-corrected chi connectivity index (χ1v) is 5.03. The highest BCUT2D eigenvalue weighted by Gasteiger charge is 2.16. The van der Waals surface area contributed by atoms with E-state index in [-0.39, 0.29) is 5.56 Å². The van der Waals surface area contributed by atoms with Crippen molar-refractivity contribution in [2.75, 3.05) is 5.32 Å². The molecule has 0 bridgehead atoms. The fourth-order valence-corrected chi connectivity index (χ4v) is 1.06. The van der Waals surface area contributed by atoms with Crippen molar-refractivity contribution >= 4 is 17.7 Å². The molecule has 1 heterocycles. The van der Waals surface area contributed by atoms with Crippen LogP contribution in [0.1, 0.15) is 31.1 Å². The topological polar surface area (TPSA) is 94.3 Å².